The Hall–Kier alpha value is -4.06. The number of hydrogen-bond donors (Lipinski definition) is 1. The second kappa shape index (κ2) is 8.51. The minimum atomic E-state index is -0.667. The molecule has 0 spiro atoms. The highest BCUT2D eigenvalue weighted by Crippen LogP contribution is 2.52. The number of allylic oxidation sites excluding steroid dienone is 1. The fourth-order valence-corrected chi connectivity index (χ4v) is 5.89. The summed E-state index contributed by atoms with van der Waals surface area (Å²) in [6.45, 7) is 4.28. The number of carbonyl (C=O) groups excluding carboxylic acids is 2. The quantitative estimate of drug-likeness (QED) is 0.436. The smallest absolute Gasteiger partial charge is 0.340 e. The van der Waals surface area contributed by atoms with Gasteiger partial charge in [-0.1, -0.05) is 56.3 Å². The van der Waals surface area contributed by atoms with Crippen LogP contribution in [0.3, 0.4) is 0 Å². The van der Waals surface area contributed by atoms with Crippen LogP contribution in [0.25, 0.3) is 0 Å². The van der Waals surface area contributed by atoms with E-state index in [1.165, 1.54) is 0 Å². The maximum atomic E-state index is 13.9. The Morgan fingerprint density at radius 3 is 2.38 bits per heavy atom. The summed E-state index contributed by atoms with van der Waals surface area (Å²) in [4.78, 5) is 31.1. The molecule has 0 bridgehead atoms. The van der Waals surface area contributed by atoms with Crippen LogP contribution in [0.2, 0.25) is 0 Å². The third kappa shape index (κ3) is 3.88. The summed E-state index contributed by atoms with van der Waals surface area (Å²) in [5, 5.41) is 3.63. The van der Waals surface area contributed by atoms with Crippen LogP contribution in [0, 0.1) is 5.41 Å². The van der Waals surface area contributed by atoms with Gasteiger partial charge in [-0.25, -0.2) is 4.79 Å². The molecule has 6 rings (SSSR count). The number of Topliss-reactive ketones (excluding diaryl/α,β-unsaturated/α-hetero) is 1. The van der Waals surface area contributed by atoms with Crippen LogP contribution in [0.1, 0.15) is 60.4 Å². The molecule has 1 N–H and O–H groups in total. The predicted molar refractivity (Wildman–Crippen MR) is 146 cm³/mol. The molecule has 6 nitrogen and oxygen atoms in total. The Labute approximate surface area is 217 Å². The van der Waals surface area contributed by atoms with Gasteiger partial charge in [0.25, 0.3) is 0 Å². The van der Waals surface area contributed by atoms with Crippen molar-refractivity contribution >= 4 is 28.8 Å². The molecule has 188 valence electrons. The summed E-state index contributed by atoms with van der Waals surface area (Å²) in [6, 6.07) is 23.4. The van der Waals surface area contributed by atoms with Gasteiger partial charge in [-0.2, -0.15) is 0 Å². The van der Waals surface area contributed by atoms with Crippen LogP contribution in [-0.2, 0) is 9.53 Å². The number of ether oxygens (including phenoxy) is 1. The molecule has 0 amide bonds. The number of anilines is 3. The molecular formula is C31H31N3O3. The van der Waals surface area contributed by atoms with Gasteiger partial charge in [0.15, 0.2) is 5.78 Å². The SMILES string of the molecule is CN(C)c1ccc(C2C3=C(CC(C)(C)CC3=O)Nc3ccccc3N2C2OC(=O)c3ccccc32)cc1. The summed E-state index contributed by atoms with van der Waals surface area (Å²) in [7, 11) is 4.02. The summed E-state index contributed by atoms with van der Waals surface area (Å²) in [5.74, 6) is -0.224. The van der Waals surface area contributed by atoms with Gasteiger partial charge in [0.1, 0.15) is 0 Å². The van der Waals surface area contributed by atoms with Crippen LogP contribution in [0.5, 0.6) is 0 Å². The molecule has 2 atom stereocenters. The van der Waals surface area contributed by atoms with E-state index in [9.17, 15) is 9.59 Å². The zero-order valence-corrected chi connectivity index (χ0v) is 21.6. The summed E-state index contributed by atoms with van der Waals surface area (Å²) in [5.41, 5.74) is 6.74. The van der Waals surface area contributed by atoms with E-state index in [4.69, 9.17) is 4.74 Å². The maximum absolute atomic E-state index is 13.9. The second-order valence-corrected chi connectivity index (χ2v) is 11.1. The first-order valence-corrected chi connectivity index (χ1v) is 12.7. The fraction of sp³-hybridized carbons (Fsp3) is 0.290. The van der Waals surface area contributed by atoms with Crippen LogP contribution in [0.15, 0.2) is 84.1 Å². The normalized spacial score (nSPS) is 21.9. The number of rotatable bonds is 3. The minimum Gasteiger partial charge on any atom is -0.433 e. The van der Waals surface area contributed by atoms with Gasteiger partial charge in [-0.05, 0) is 47.7 Å². The number of fused-ring (bicyclic) bond motifs is 2. The monoisotopic (exact) mass is 493 g/mol. The van der Waals surface area contributed by atoms with Crippen molar-refractivity contribution in [3.63, 3.8) is 0 Å². The second-order valence-electron chi connectivity index (χ2n) is 11.1. The molecule has 6 heteroatoms. The van der Waals surface area contributed by atoms with E-state index in [1.54, 1.807) is 6.07 Å². The molecule has 0 radical (unpaired) electrons. The predicted octanol–water partition coefficient (Wildman–Crippen LogP) is 6.24. The van der Waals surface area contributed by atoms with E-state index in [-0.39, 0.29) is 17.2 Å². The van der Waals surface area contributed by atoms with Gasteiger partial charge in [-0.3, -0.25) is 4.79 Å². The van der Waals surface area contributed by atoms with Crippen LogP contribution in [-0.4, -0.2) is 25.8 Å². The van der Waals surface area contributed by atoms with Gasteiger partial charge < -0.3 is 19.9 Å². The number of carbonyl (C=O) groups is 2. The fourth-order valence-electron chi connectivity index (χ4n) is 5.89. The maximum Gasteiger partial charge on any atom is 0.340 e. The molecule has 2 aliphatic heterocycles. The highest BCUT2D eigenvalue weighted by atomic mass is 16.6. The molecule has 0 aromatic heterocycles. The van der Waals surface area contributed by atoms with Crippen molar-refractivity contribution in [1.82, 2.24) is 0 Å². The van der Waals surface area contributed by atoms with Crippen LogP contribution >= 0.6 is 0 Å². The van der Waals surface area contributed by atoms with Gasteiger partial charge in [-0.15, -0.1) is 0 Å². The number of esters is 1. The molecule has 37 heavy (non-hydrogen) atoms. The summed E-state index contributed by atoms with van der Waals surface area (Å²) in [6.07, 6.45) is 0.550. The van der Waals surface area contributed by atoms with Crippen molar-refractivity contribution in [1.29, 1.82) is 0 Å². The summed E-state index contributed by atoms with van der Waals surface area (Å²) < 4.78 is 6.07. The Bertz CT molecular complexity index is 1440. The molecule has 3 aromatic rings. The van der Waals surface area contributed by atoms with E-state index in [0.717, 1.165) is 45.9 Å². The van der Waals surface area contributed by atoms with Crippen molar-refractivity contribution in [2.75, 3.05) is 29.2 Å². The zero-order valence-electron chi connectivity index (χ0n) is 21.6. The van der Waals surface area contributed by atoms with E-state index < -0.39 is 12.3 Å². The average Bonchev–Trinajstić information content (AvgIpc) is 3.11. The molecule has 2 unspecified atom stereocenters. The van der Waals surface area contributed by atoms with Gasteiger partial charge in [0, 0.05) is 43.0 Å². The molecule has 1 aliphatic carbocycles. The third-order valence-electron chi connectivity index (χ3n) is 7.58. The van der Waals surface area contributed by atoms with Gasteiger partial charge >= 0.3 is 5.97 Å². The zero-order chi connectivity index (χ0) is 25.9. The van der Waals surface area contributed by atoms with Crippen LogP contribution in [0.4, 0.5) is 17.1 Å². The topological polar surface area (TPSA) is 61.9 Å². The van der Waals surface area contributed by atoms with Crippen molar-refractivity contribution in [3.8, 4) is 0 Å². The molecule has 0 saturated carbocycles. The lowest BCUT2D eigenvalue weighted by molar-refractivity contribution is -0.118. The van der Waals surface area contributed by atoms with Crippen molar-refractivity contribution in [3.05, 3.63) is 101 Å². The number of cyclic esters (lactones) is 1. The molecule has 2 heterocycles. The minimum absolute atomic E-state index is 0.121. The first-order valence-electron chi connectivity index (χ1n) is 12.7. The van der Waals surface area contributed by atoms with Gasteiger partial charge in [0.2, 0.25) is 6.23 Å². The molecular weight excluding hydrogens is 462 g/mol. The van der Waals surface area contributed by atoms with E-state index in [2.05, 4.69) is 53.2 Å². The first-order chi connectivity index (χ1) is 17.7. The Balaban J connectivity index is 1.62. The van der Waals surface area contributed by atoms with E-state index in [1.807, 2.05) is 56.6 Å². The Morgan fingerprint density at radius 2 is 1.62 bits per heavy atom. The first kappa shape index (κ1) is 23.3. The number of nitrogens with zero attached hydrogens (tertiary/aromatic N) is 2. The van der Waals surface area contributed by atoms with Crippen molar-refractivity contribution < 1.29 is 14.3 Å². The molecule has 0 fully saturated rings. The van der Waals surface area contributed by atoms with Crippen molar-refractivity contribution in [2.24, 2.45) is 5.41 Å². The molecule has 3 aromatic carbocycles. The number of hydrogen-bond acceptors (Lipinski definition) is 6. The standard InChI is InChI=1S/C31H31N3O3/c1-31(2)17-24-27(26(35)18-31)28(19-13-15-20(16-14-19)33(3)4)34(25-12-8-7-11-23(25)32-24)29-21-9-5-6-10-22(21)30(36)37-29/h5-16,28-29,32H,17-18H2,1-4H3. The Morgan fingerprint density at radius 1 is 0.919 bits per heavy atom. The number of benzene rings is 3. The van der Waals surface area contributed by atoms with Gasteiger partial charge in [0.05, 0.1) is 23.0 Å². The third-order valence-corrected chi connectivity index (χ3v) is 7.58. The largest absolute Gasteiger partial charge is 0.433 e. The molecule has 0 saturated heterocycles. The molecule has 3 aliphatic rings. The van der Waals surface area contributed by atoms with E-state index in [0.29, 0.717) is 12.0 Å². The van der Waals surface area contributed by atoms with Crippen LogP contribution < -0.4 is 15.1 Å². The average molecular weight is 494 g/mol. The highest BCUT2D eigenvalue weighted by molar-refractivity contribution is 6.02. The van der Waals surface area contributed by atoms with Crippen molar-refractivity contribution in [2.45, 2.75) is 39.0 Å². The van der Waals surface area contributed by atoms with E-state index >= 15 is 0 Å². The lowest BCUT2D eigenvalue weighted by atomic mass is 9.73. The highest BCUT2D eigenvalue weighted by Gasteiger charge is 2.46. The number of nitrogens with one attached hydrogen (secondary N) is 1. The lowest BCUT2D eigenvalue weighted by Gasteiger charge is -2.40. The Kier molecular flexibility index (Phi) is 5.37. The number of para-hydroxylation sites is 2. The number of ketones is 1. The lowest BCUT2D eigenvalue weighted by Crippen LogP contribution is -2.38. The summed E-state index contributed by atoms with van der Waals surface area (Å²) >= 11 is 0.